The Morgan fingerprint density at radius 2 is 2.06 bits per heavy atom. The number of aromatic amines is 1. The van der Waals surface area contributed by atoms with E-state index in [1.807, 2.05) is 29.5 Å². The van der Waals surface area contributed by atoms with Gasteiger partial charge in [0.05, 0.1) is 36.5 Å². The Labute approximate surface area is 209 Å². The van der Waals surface area contributed by atoms with Gasteiger partial charge in [0.2, 0.25) is 0 Å². The highest BCUT2D eigenvalue weighted by Crippen LogP contribution is 2.33. The zero-order chi connectivity index (χ0) is 25.4. The van der Waals surface area contributed by atoms with Crippen LogP contribution in [0.1, 0.15) is 59.7 Å². The van der Waals surface area contributed by atoms with E-state index in [-0.39, 0.29) is 23.9 Å². The summed E-state index contributed by atoms with van der Waals surface area (Å²) in [4.78, 5) is 33.5. The predicted molar refractivity (Wildman–Crippen MR) is 138 cm³/mol. The highest BCUT2D eigenvalue weighted by atomic mass is 16.5. The molecule has 0 radical (unpaired) electrons. The molecule has 1 aliphatic heterocycles. The van der Waals surface area contributed by atoms with Gasteiger partial charge in [0.1, 0.15) is 23.5 Å². The fraction of sp³-hybridized carbons (Fsp3) is 0.321. The van der Waals surface area contributed by atoms with Crippen molar-refractivity contribution in [3.63, 3.8) is 0 Å². The summed E-state index contributed by atoms with van der Waals surface area (Å²) in [5.41, 5.74) is 6.16. The Hall–Kier alpha value is -4.07. The van der Waals surface area contributed by atoms with E-state index in [2.05, 4.69) is 41.3 Å². The summed E-state index contributed by atoms with van der Waals surface area (Å²) in [7, 11) is 0. The molecular formula is C28H30N4O4. The molecule has 0 unspecified atom stereocenters. The van der Waals surface area contributed by atoms with Crippen molar-refractivity contribution in [3.05, 3.63) is 81.3 Å². The molecule has 1 aromatic carbocycles. The van der Waals surface area contributed by atoms with Gasteiger partial charge in [-0.15, -0.1) is 0 Å². The van der Waals surface area contributed by atoms with Crippen molar-refractivity contribution in [1.29, 1.82) is 0 Å². The number of benzene rings is 1. The van der Waals surface area contributed by atoms with Crippen LogP contribution in [0.5, 0.6) is 11.5 Å². The number of ether oxygens (including phenoxy) is 2. The van der Waals surface area contributed by atoms with E-state index in [4.69, 9.17) is 9.47 Å². The number of fused-ring (bicyclic) bond motifs is 2. The number of hydrogen-bond acceptors (Lipinski definition) is 5. The van der Waals surface area contributed by atoms with Crippen LogP contribution in [0.4, 0.5) is 0 Å². The summed E-state index contributed by atoms with van der Waals surface area (Å²) in [5.74, 6) is 1.28. The molecule has 0 saturated heterocycles. The molecule has 4 aromatic rings. The topological polar surface area (TPSA) is 97.7 Å². The number of rotatable bonds is 7. The van der Waals surface area contributed by atoms with E-state index >= 15 is 0 Å². The lowest BCUT2D eigenvalue weighted by atomic mass is 10.00. The molecule has 1 amide bonds. The predicted octanol–water partition coefficient (Wildman–Crippen LogP) is 4.39. The third-order valence-electron chi connectivity index (χ3n) is 6.44. The molecule has 0 spiro atoms. The SMILES string of the molecule is CCOc1cc(C)[nH]c(=O)c1CNC(=O)c1cc(-c2ccc3c(c2)CCO3)cc2c(C(C)C)ncn12. The number of hydrogen-bond donors (Lipinski definition) is 2. The highest BCUT2D eigenvalue weighted by molar-refractivity contribution is 5.95. The maximum atomic E-state index is 13.5. The van der Waals surface area contributed by atoms with Gasteiger partial charge in [-0.2, -0.15) is 0 Å². The molecule has 0 saturated carbocycles. The molecule has 0 atom stereocenters. The lowest BCUT2D eigenvalue weighted by Gasteiger charge is -2.14. The molecule has 0 aliphatic carbocycles. The molecule has 0 fully saturated rings. The molecular weight excluding hydrogens is 456 g/mol. The second kappa shape index (κ2) is 9.53. The van der Waals surface area contributed by atoms with Crippen molar-refractivity contribution in [2.24, 2.45) is 0 Å². The molecule has 4 heterocycles. The van der Waals surface area contributed by atoms with Crippen molar-refractivity contribution < 1.29 is 14.3 Å². The minimum atomic E-state index is -0.304. The van der Waals surface area contributed by atoms with Gasteiger partial charge in [0, 0.05) is 12.1 Å². The molecule has 186 valence electrons. The van der Waals surface area contributed by atoms with Gasteiger partial charge in [0.15, 0.2) is 0 Å². The van der Waals surface area contributed by atoms with Gasteiger partial charge >= 0.3 is 0 Å². The summed E-state index contributed by atoms with van der Waals surface area (Å²) in [6.07, 6.45) is 2.56. The minimum Gasteiger partial charge on any atom is -0.493 e. The number of aryl methyl sites for hydroxylation is 1. The van der Waals surface area contributed by atoms with Gasteiger partial charge in [-0.25, -0.2) is 4.98 Å². The van der Waals surface area contributed by atoms with E-state index in [0.29, 0.717) is 35.9 Å². The lowest BCUT2D eigenvalue weighted by Crippen LogP contribution is -2.29. The largest absolute Gasteiger partial charge is 0.493 e. The summed E-state index contributed by atoms with van der Waals surface area (Å²) in [5, 5.41) is 2.92. The summed E-state index contributed by atoms with van der Waals surface area (Å²) in [6, 6.07) is 11.8. The Bertz CT molecular complexity index is 1520. The first-order valence-electron chi connectivity index (χ1n) is 12.3. The van der Waals surface area contributed by atoms with Crippen LogP contribution in [-0.2, 0) is 13.0 Å². The minimum absolute atomic E-state index is 0.0391. The number of H-pyrrole nitrogens is 1. The zero-order valence-electron chi connectivity index (χ0n) is 21.0. The van der Waals surface area contributed by atoms with Crippen LogP contribution in [0.3, 0.4) is 0 Å². The fourth-order valence-electron chi connectivity index (χ4n) is 4.66. The molecule has 36 heavy (non-hydrogen) atoms. The fourth-order valence-corrected chi connectivity index (χ4v) is 4.66. The Morgan fingerprint density at radius 1 is 1.22 bits per heavy atom. The number of carbonyl (C=O) groups is 1. The van der Waals surface area contributed by atoms with E-state index in [1.54, 1.807) is 19.3 Å². The van der Waals surface area contributed by atoms with Gasteiger partial charge in [0.25, 0.3) is 11.5 Å². The van der Waals surface area contributed by atoms with Crippen LogP contribution < -0.4 is 20.3 Å². The first-order valence-corrected chi connectivity index (χ1v) is 12.3. The second-order valence-corrected chi connectivity index (χ2v) is 9.33. The first kappa shape index (κ1) is 23.7. The number of amides is 1. The third-order valence-corrected chi connectivity index (χ3v) is 6.44. The van der Waals surface area contributed by atoms with E-state index in [0.717, 1.165) is 40.1 Å². The molecule has 8 heteroatoms. The second-order valence-electron chi connectivity index (χ2n) is 9.33. The smallest absolute Gasteiger partial charge is 0.268 e. The van der Waals surface area contributed by atoms with Crippen molar-refractivity contribution in [2.75, 3.05) is 13.2 Å². The Balaban J connectivity index is 1.54. The van der Waals surface area contributed by atoms with Crippen LogP contribution in [-0.4, -0.2) is 33.5 Å². The summed E-state index contributed by atoms with van der Waals surface area (Å²) < 4.78 is 13.1. The maximum Gasteiger partial charge on any atom is 0.268 e. The van der Waals surface area contributed by atoms with Crippen LogP contribution >= 0.6 is 0 Å². The van der Waals surface area contributed by atoms with E-state index in [1.165, 1.54) is 0 Å². The molecule has 2 N–H and O–H groups in total. The van der Waals surface area contributed by atoms with Crippen LogP contribution in [0.15, 0.2) is 47.5 Å². The van der Waals surface area contributed by atoms with Crippen LogP contribution in [0.2, 0.25) is 0 Å². The van der Waals surface area contributed by atoms with Crippen LogP contribution in [0, 0.1) is 6.92 Å². The number of nitrogens with zero attached hydrogens (tertiary/aromatic N) is 2. The van der Waals surface area contributed by atoms with Gasteiger partial charge in [-0.1, -0.05) is 19.9 Å². The molecule has 0 bridgehead atoms. The average molecular weight is 487 g/mol. The number of pyridine rings is 2. The van der Waals surface area contributed by atoms with Crippen LogP contribution in [0.25, 0.3) is 16.6 Å². The average Bonchev–Trinajstić information content (AvgIpc) is 3.49. The monoisotopic (exact) mass is 486 g/mol. The van der Waals surface area contributed by atoms with Crippen molar-refractivity contribution >= 4 is 11.4 Å². The Morgan fingerprint density at radius 3 is 2.83 bits per heavy atom. The van der Waals surface area contributed by atoms with Crippen molar-refractivity contribution in [3.8, 4) is 22.6 Å². The van der Waals surface area contributed by atoms with Gasteiger partial charge < -0.3 is 19.8 Å². The Kier molecular flexibility index (Phi) is 6.26. The lowest BCUT2D eigenvalue weighted by molar-refractivity contribution is 0.0944. The maximum absolute atomic E-state index is 13.5. The molecule has 1 aliphatic rings. The van der Waals surface area contributed by atoms with Gasteiger partial charge in [-0.3, -0.25) is 14.0 Å². The van der Waals surface area contributed by atoms with Crippen molar-refractivity contribution in [1.82, 2.24) is 19.7 Å². The third kappa shape index (κ3) is 4.34. The highest BCUT2D eigenvalue weighted by Gasteiger charge is 2.20. The normalized spacial score (nSPS) is 12.6. The van der Waals surface area contributed by atoms with Gasteiger partial charge in [-0.05, 0) is 66.8 Å². The number of aromatic nitrogens is 3. The van der Waals surface area contributed by atoms with Crippen molar-refractivity contribution in [2.45, 2.75) is 46.6 Å². The standard InChI is InChI=1S/C28H30N4O4/c1-5-35-25-10-17(4)31-27(33)21(25)14-29-28(34)23-13-20(12-22-26(16(2)3)30-15-32(22)23)18-6-7-24-19(11-18)8-9-36-24/h6-7,10-13,15-16H,5,8-9,14H2,1-4H3,(H,29,34)(H,31,33). The first-order chi connectivity index (χ1) is 17.4. The van der Waals surface area contributed by atoms with E-state index < -0.39 is 0 Å². The van der Waals surface area contributed by atoms with E-state index in [9.17, 15) is 9.59 Å². The molecule has 3 aromatic heterocycles. The quantitative estimate of drug-likeness (QED) is 0.404. The number of nitrogens with one attached hydrogen (secondary N) is 2. The number of carbonyl (C=O) groups excluding carboxylic acids is 1. The number of imidazole rings is 1. The zero-order valence-corrected chi connectivity index (χ0v) is 21.0. The molecule has 8 nitrogen and oxygen atoms in total. The summed E-state index contributed by atoms with van der Waals surface area (Å²) >= 11 is 0. The summed E-state index contributed by atoms with van der Waals surface area (Å²) in [6.45, 7) is 8.97. The molecule has 5 rings (SSSR count).